The molecule has 2 rings (SSSR count). The minimum atomic E-state index is 0.160. The lowest BCUT2D eigenvalue weighted by Crippen LogP contribution is -2.56. The molecule has 1 aromatic carbocycles. The summed E-state index contributed by atoms with van der Waals surface area (Å²) in [4.78, 5) is 11.6. The Morgan fingerprint density at radius 3 is 2.94 bits per heavy atom. The van der Waals surface area contributed by atoms with Gasteiger partial charge in [-0.15, -0.1) is 0 Å². The van der Waals surface area contributed by atoms with Crippen LogP contribution in [0.3, 0.4) is 0 Å². The van der Waals surface area contributed by atoms with Gasteiger partial charge in [-0.25, -0.2) is 0 Å². The van der Waals surface area contributed by atoms with Crippen molar-refractivity contribution in [3.8, 4) is 0 Å². The molecular formula is C13H18N2O. The van der Waals surface area contributed by atoms with E-state index in [1.807, 2.05) is 6.07 Å². The van der Waals surface area contributed by atoms with E-state index in [1.165, 1.54) is 11.1 Å². The van der Waals surface area contributed by atoms with Crippen LogP contribution in [0.2, 0.25) is 0 Å². The average Bonchev–Trinajstić information content (AvgIpc) is 2.21. The third-order valence-corrected chi connectivity index (χ3v) is 2.87. The van der Waals surface area contributed by atoms with Crippen LogP contribution in [0, 0.1) is 6.92 Å². The van der Waals surface area contributed by atoms with Crippen molar-refractivity contribution in [2.45, 2.75) is 25.8 Å². The zero-order valence-electron chi connectivity index (χ0n) is 9.62. The van der Waals surface area contributed by atoms with E-state index in [1.54, 1.807) is 0 Å². The van der Waals surface area contributed by atoms with Gasteiger partial charge in [-0.05, 0) is 18.9 Å². The third-order valence-electron chi connectivity index (χ3n) is 2.87. The molecule has 0 aliphatic carbocycles. The predicted molar refractivity (Wildman–Crippen MR) is 64.3 cm³/mol. The highest BCUT2D eigenvalue weighted by Gasteiger charge is 2.18. The van der Waals surface area contributed by atoms with Crippen LogP contribution in [-0.2, 0) is 11.2 Å². The van der Waals surface area contributed by atoms with Crippen molar-refractivity contribution in [2.75, 3.05) is 13.1 Å². The van der Waals surface area contributed by atoms with Crippen LogP contribution in [0.5, 0.6) is 0 Å². The number of hydrogen-bond donors (Lipinski definition) is 2. The quantitative estimate of drug-likeness (QED) is 0.792. The lowest BCUT2D eigenvalue weighted by molar-refractivity contribution is -0.122. The molecule has 0 spiro atoms. The monoisotopic (exact) mass is 218 g/mol. The van der Waals surface area contributed by atoms with E-state index in [0.29, 0.717) is 12.5 Å². The van der Waals surface area contributed by atoms with Crippen LogP contribution < -0.4 is 10.6 Å². The smallest absolute Gasteiger partial charge is 0.220 e. The third kappa shape index (κ3) is 3.07. The fraction of sp³-hybridized carbons (Fsp3) is 0.462. The molecule has 0 bridgehead atoms. The molecule has 1 aliphatic heterocycles. The number of benzene rings is 1. The maximum Gasteiger partial charge on any atom is 0.220 e. The first-order chi connectivity index (χ1) is 7.74. The second-order valence-corrected chi connectivity index (χ2v) is 4.41. The van der Waals surface area contributed by atoms with Crippen LogP contribution >= 0.6 is 0 Å². The number of rotatable bonds is 4. The van der Waals surface area contributed by atoms with Crippen LogP contribution in [-0.4, -0.2) is 25.0 Å². The molecule has 0 aromatic heterocycles. The Morgan fingerprint density at radius 1 is 1.50 bits per heavy atom. The van der Waals surface area contributed by atoms with Gasteiger partial charge in [0.1, 0.15) is 0 Å². The first-order valence-corrected chi connectivity index (χ1v) is 5.79. The van der Waals surface area contributed by atoms with Crippen LogP contribution in [0.1, 0.15) is 17.5 Å². The highest BCUT2D eigenvalue weighted by Crippen LogP contribution is 2.06. The van der Waals surface area contributed by atoms with Crippen LogP contribution in [0.15, 0.2) is 24.3 Å². The Bertz CT molecular complexity index is 372. The average molecular weight is 218 g/mol. The Balaban J connectivity index is 1.75. The summed E-state index contributed by atoms with van der Waals surface area (Å²) in [7, 11) is 0. The van der Waals surface area contributed by atoms with E-state index < -0.39 is 0 Å². The molecule has 86 valence electrons. The molecule has 1 heterocycles. The lowest BCUT2D eigenvalue weighted by atomic mass is 10.1. The highest BCUT2D eigenvalue weighted by molar-refractivity contribution is 5.76. The van der Waals surface area contributed by atoms with E-state index in [9.17, 15) is 4.79 Å². The van der Waals surface area contributed by atoms with Crippen molar-refractivity contribution in [1.29, 1.82) is 0 Å². The molecule has 2 N–H and O–H groups in total. The van der Waals surface area contributed by atoms with Crippen molar-refractivity contribution in [2.24, 2.45) is 0 Å². The van der Waals surface area contributed by atoms with Gasteiger partial charge in [-0.3, -0.25) is 4.79 Å². The summed E-state index contributed by atoms with van der Waals surface area (Å²) < 4.78 is 0. The van der Waals surface area contributed by atoms with E-state index in [2.05, 4.69) is 35.8 Å². The molecular weight excluding hydrogens is 200 g/mol. The summed E-state index contributed by atoms with van der Waals surface area (Å²) in [6.07, 6.45) is 1.41. The number of nitrogens with one attached hydrogen (secondary N) is 2. The standard InChI is InChI=1S/C13H18N2O/c1-10-3-2-4-11(7-10)5-6-13(16)15-12-8-14-9-12/h2-4,7,12,14H,5-6,8-9H2,1H3,(H,15,16). The molecule has 0 saturated carbocycles. The van der Waals surface area contributed by atoms with Crippen molar-refractivity contribution in [1.82, 2.24) is 10.6 Å². The van der Waals surface area contributed by atoms with Crippen LogP contribution in [0.25, 0.3) is 0 Å². The zero-order chi connectivity index (χ0) is 11.4. The number of aryl methyl sites for hydroxylation is 2. The minimum absolute atomic E-state index is 0.160. The molecule has 0 atom stereocenters. The van der Waals surface area contributed by atoms with E-state index in [-0.39, 0.29) is 5.91 Å². The fourth-order valence-electron chi connectivity index (χ4n) is 1.82. The maximum absolute atomic E-state index is 11.6. The SMILES string of the molecule is Cc1cccc(CCC(=O)NC2CNC2)c1. The summed E-state index contributed by atoms with van der Waals surface area (Å²) in [6.45, 7) is 3.90. The molecule has 16 heavy (non-hydrogen) atoms. The fourth-order valence-corrected chi connectivity index (χ4v) is 1.82. The Kier molecular flexibility index (Phi) is 3.57. The second-order valence-electron chi connectivity index (χ2n) is 4.41. The van der Waals surface area contributed by atoms with Gasteiger partial charge in [0.2, 0.25) is 5.91 Å². The molecule has 1 amide bonds. The summed E-state index contributed by atoms with van der Waals surface area (Å²) in [5.74, 6) is 0.160. The van der Waals surface area contributed by atoms with E-state index in [4.69, 9.17) is 0 Å². The minimum Gasteiger partial charge on any atom is -0.351 e. The van der Waals surface area contributed by atoms with Gasteiger partial charge in [0.05, 0.1) is 6.04 Å². The van der Waals surface area contributed by atoms with Crippen LogP contribution in [0.4, 0.5) is 0 Å². The maximum atomic E-state index is 11.6. The Hall–Kier alpha value is -1.35. The first-order valence-electron chi connectivity index (χ1n) is 5.79. The van der Waals surface area contributed by atoms with Gasteiger partial charge in [-0.1, -0.05) is 29.8 Å². The Labute approximate surface area is 96.2 Å². The van der Waals surface area contributed by atoms with Crippen molar-refractivity contribution < 1.29 is 4.79 Å². The molecule has 0 unspecified atom stereocenters. The van der Waals surface area contributed by atoms with E-state index >= 15 is 0 Å². The van der Waals surface area contributed by atoms with Crippen molar-refractivity contribution in [3.63, 3.8) is 0 Å². The first kappa shape index (κ1) is 11.1. The van der Waals surface area contributed by atoms with Crippen molar-refractivity contribution in [3.05, 3.63) is 35.4 Å². The summed E-state index contributed by atoms with van der Waals surface area (Å²) >= 11 is 0. The molecule has 0 radical (unpaired) electrons. The number of carbonyl (C=O) groups excluding carboxylic acids is 1. The molecule has 3 nitrogen and oxygen atoms in total. The van der Waals surface area contributed by atoms with E-state index in [0.717, 1.165) is 19.5 Å². The van der Waals surface area contributed by atoms with Gasteiger partial charge in [0.15, 0.2) is 0 Å². The van der Waals surface area contributed by atoms with Gasteiger partial charge in [0, 0.05) is 19.5 Å². The normalized spacial score (nSPS) is 15.6. The Morgan fingerprint density at radius 2 is 2.31 bits per heavy atom. The lowest BCUT2D eigenvalue weighted by Gasteiger charge is -2.27. The topological polar surface area (TPSA) is 41.1 Å². The molecule has 1 aromatic rings. The summed E-state index contributed by atoms with van der Waals surface area (Å²) in [5, 5.41) is 6.13. The highest BCUT2D eigenvalue weighted by atomic mass is 16.1. The van der Waals surface area contributed by atoms with Crippen molar-refractivity contribution >= 4 is 5.91 Å². The molecule has 1 aliphatic rings. The zero-order valence-corrected chi connectivity index (χ0v) is 9.62. The second kappa shape index (κ2) is 5.12. The molecule has 3 heteroatoms. The molecule has 1 saturated heterocycles. The predicted octanol–water partition coefficient (Wildman–Crippen LogP) is 1.02. The van der Waals surface area contributed by atoms with Gasteiger partial charge < -0.3 is 10.6 Å². The number of amides is 1. The summed E-state index contributed by atoms with van der Waals surface area (Å²) in [5.41, 5.74) is 2.49. The number of carbonyl (C=O) groups is 1. The largest absolute Gasteiger partial charge is 0.351 e. The van der Waals surface area contributed by atoms with Gasteiger partial charge in [0.25, 0.3) is 0 Å². The van der Waals surface area contributed by atoms with Gasteiger partial charge in [-0.2, -0.15) is 0 Å². The number of hydrogen-bond acceptors (Lipinski definition) is 2. The van der Waals surface area contributed by atoms with Gasteiger partial charge >= 0.3 is 0 Å². The summed E-state index contributed by atoms with van der Waals surface area (Å²) in [6, 6.07) is 8.68. The molecule has 1 fully saturated rings.